The Morgan fingerprint density at radius 3 is 2.84 bits per heavy atom. The smallest absolute Gasteiger partial charge is 0.162 e. The Bertz CT molecular complexity index is 675. The zero-order valence-corrected chi connectivity index (χ0v) is 12.3. The van der Waals surface area contributed by atoms with Crippen LogP contribution in [0.15, 0.2) is 23.3 Å². The molecule has 0 aliphatic heterocycles. The number of benzene rings is 1. The van der Waals surface area contributed by atoms with E-state index >= 15 is 0 Å². The molecule has 96 valence electrons. The molecule has 0 bridgehead atoms. The average Bonchev–Trinajstić information content (AvgIpc) is 2.72. The molecule has 0 spiro atoms. The van der Waals surface area contributed by atoms with Crippen LogP contribution in [0.4, 0.5) is 5.00 Å². The largest absolute Gasteiger partial charge is 0.266 e. The Hall–Kier alpha value is -1.32. The van der Waals surface area contributed by atoms with Crippen molar-refractivity contribution in [3.05, 3.63) is 44.5 Å². The van der Waals surface area contributed by atoms with Gasteiger partial charge in [0, 0.05) is 10.6 Å². The highest BCUT2D eigenvalue weighted by Crippen LogP contribution is 2.27. The van der Waals surface area contributed by atoms with Crippen LogP contribution in [0, 0.1) is 11.3 Å². The van der Waals surface area contributed by atoms with Crippen molar-refractivity contribution >= 4 is 57.6 Å². The number of rotatable bonds is 3. The van der Waals surface area contributed by atoms with Crippen LogP contribution in [0.3, 0.4) is 0 Å². The van der Waals surface area contributed by atoms with E-state index in [0.717, 1.165) is 11.5 Å². The van der Waals surface area contributed by atoms with Crippen LogP contribution in [0.25, 0.3) is 0 Å². The number of hydrazone groups is 1. The molecule has 8 heteroatoms. The van der Waals surface area contributed by atoms with Crippen molar-refractivity contribution < 1.29 is 0 Å². The summed E-state index contributed by atoms with van der Waals surface area (Å²) >= 11 is 18.6. The van der Waals surface area contributed by atoms with Gasteiger partial charge in [0.15, 0.2) is 5.15 Å². The minimum absolute atomic E-state index is 0.162. The number of nitriles is 1. The Morgan fingerprint density at radius 2 is 2.16 bits per heavy atom. The van der Waals surface area contributed by atoms with Gasteiger partial charge in [0.05, 0.1) is 11.2 Å². The number of nitrogens with zero attached hydrogens (tertiary/aromatic N) is 3. The lowest BCUT2D eigenvalue weighted by molar-refractivity contribution is 1.37. The first-order valence-corrected chi connectivity index (χ1v) is 6.82. The third kappa shape index (κ3) is 3.37. The molecule has 0 aliphatic carbocycles. The maximum Gasteiger partial charge on any atom is 0.162 e. The zero-order valence-electron chi connectivity index (χ0n) is 9.19. The molecule has 1 aromatic heterocycles. The molecule has 19 heavy (non-hydrogen) atoms. The first kappa shape index (κ1) is 14.1. The van der Waals surface area contributed by atoms with E-state index in [0.29, 0.717) is 20.6 Å². The van der Waals surface area contributed by atoms with E-state index in [-0.39, 0.29) is 10.7 Å². The molecule has 1 aromatic carbocycles. The monoisotopic (exact) mass is 330 g/mol. The second-order valence-electron chi connectivity index (χ2n) is 3.33. The summed E-state index contributed by atoms with van der Waals surface area (Å²) in [7, 11) is 0. The number of halogens is 3. The molecule has 0 saturated heterocycles. The van der Waals surface area contributed by atoms with Gasteiger partial charge in [0.2, 0.25) is 0 Å². The molecule has 1 N–H and O–H groups in total. The second kappa shape index (κ2) is 6.22. The van der Waals surface area contributed by atoms with E-state index in [1.54, 1.807) is 18.2 Å². The molecular formula is C11H5Cl3N4S. The number of aromatic nitrogens is 1. The third-order valence-electron chi connectivity index (χ3n) is 2.09. The summed E-state index contributed by atoms with van der Waals surface area (Å²) in [5.41, 5.74) is 3.67. The third-order valence-corrected chi connectivity index (χ3v) is 3.78. The lowest BCUT2D eigenvalue weighted by Crippen LogP contribution is -1.91. The minimum atomic E-state index is 0.162. The summed E-state index contributed by atoms with van der Waals surface area (Å²) < 4.78 is 3.85. The van der Waals surface area contributed by atoms with Crippen molar-refractivity contribution in [3.63, 3.8) is 0 Å². The number of hydrogen-bond donors (Lipinski definition) is 1. The highest BCUT2D eigenvalue weighted by atomic mass is 35.5. The van der Waals surface area contributed by atoms with Crippen molar-refractivity contribution in [2.45, 2.75) is 0 Å². The summed E-state index contributed by atoms with van der Waals surface area (Å²) in [6.07, 6.45) is 1.52. The Balaban J connectivity index is 2.14. The minimum Gasteiger partial charge on any atom is -0.266 e. The van der Waals surface area contributed by atoms with Gasteiger partial charge in [-0.1, -0.05) is 40.9 Å². The van der Waals surface area contributed by atoms with Crippen molar-refractivity contribution in [1.82, 2.24) is 4.37 Å². The molecule has 0 unspecified atom stereocenters. The standard InChI is InChI=1S/C11H5Cl3N4S/c12-7-2-1-6(9(13)3-7)5-16-17-11-8(4-15)10(14)18-19-11/h1-3,5,17H. The number of nitrogens with one attached hydrogen (secondary N) is 1. The van der Waals surface area contributed by atoms with Crippen LogP contribution in [0.2, 0.25) is 15.2 Å². The Kier molecular flexibility index (Phi) is 4.61. The zero-order chi connectivity index (χ0) is 13.8. The first-order valence-electron chi connectivity index (χ1n) is 4.91. The predicted molar refractivity (Wildman–Crippen MR) is 79.5 cm³/mol. The van der Waals surface area contributed by atoms with Crippen molar-refractivity contribution in [1.29, 1.82) is 5.26 Å². The van der Waals surface area contributed by atoms with Gasteiger partial charge in [-0.2, -0.15) is 14.7 Å². The predicted octanol–water partition coefficient (Wildman–Crippen LogP) is 4.42. The summed E-state index contributed by atoms with van der Waals surface area (Å²) in [4.78, 5) is 0. The lowest BCUT2D eigenvalue weighted by atomic mass is 10.2. The van der Waals surface area contributed by atoms with E-state index in [4.69, 9.17) is 40.1 Å². The Morgan fingerprint density at radius 1 is 1.37 bits per heavy atom. The molecule has 2 aromatic rings. The van der Waals surface area contributed by atoms with E-state index in [1.807, 2.05) is 6.07 Å². The SMILES string of the molecule is N#Cc1c(Cl)nsc1NN=Cc1ccc(Cl)cc1Cl. The van der Waals surface area contributed by atoms with Crippen molar-refractivity contribution in [2.24, 2.45) is 5.10 Å². The summed E-state index contributed by atoms with van der Waals surface area (Å²) in [5.74, 6) is 0. The Labute approximate surface area is 128 Å². The highest BCUT2D eigenvalue weighted by Gasteiger charge is 2.10. The molecule has 0 aliphatic rings. The van der Waals surface area contributed by atoms with Gasteiger partial charge in [-0.25, -0.2) is 0 Å². The maximum absolute atomic E-state index is 8.88. The van der Waals surface area contributed by atoms with Gasteiger partial charge in [-0.3, -0.25) is 5.43 Å². The van der Waals surface area contributed by atoms with Gasteiger partial charge in [0.25, 0.3) is 0 Å². The highest BCUT2D eigenvalue weighted by molar-refractivity contribution is 7.10. The van der Waals surface area contributed by atoms with E-state index in [2.05, 4.69) is 14.9 Å². The fourth-order valence-corrected chi connectivity index (χ4v) is 2.55. The van der Waals surface area contributed by atoms with E-state index < -0.39 is 0 Å². The normalized spacial score (nSPS) is 10.6. The molecule has 0 fully saturated rings. The molecular weight excluding hydrogens is 327 g/mol. The average molecular weight is 332 g/mol. The van der Waals surface area contributed by atoms with E-state index in [1.165, 1.54) is 6.21 Å². The van der Waals surface area contributed by atoms with Gasteiger partial charge < -0.3 is 0 Å². The summed E-state index contributed by atoms with van der Waals surface area (Å²) in [6.45, 7) is 0. The molecule has 0 radical (unpaired) electrons. The van der Waals surface area contributed by atoms with Crippen molar-refractivity contribution in [2.75, 3.05) is 5.43 Å². The molecule has 0 amide bonds. The number of hydrogen-bond acceptors (Lipinski definition) is 5. The van der Waals surface area contributed by atoms with Gasteiger partial charge in [-0.05, 0) is 23.7 Å². The van der Waals surface area contributed by atoms with Crippen LogP contribution in [-0.4, -0.2) is 10.6 Å². The summed E-state index contributed by atoms with van der Waals surface area (Å²) in [5, 5.41) is 14.5. The molecule has 0 saturated carbocycles. The van der Waals surface area contributed by atoms with E-state index in [9.17, 15) is 0 Å². The van der Waals surface area contributed by atoms with Crippen molar-refractivity contribution in [3.8, 4) is 6.07 Å². The van der Waals surface area contributed by atoms with Gasteiger partial charge in [0.1, 0.15) is 16.6 Å². The van der Waals surface area contributed by atoms with Gasteiger partial charge >= 0.3 is 0 Å². The summed E-state index contributed by atoms with van der Waals surface area (Å²) in [6, 6.07) is 7.01. The van der Waals surface area contributed by atoms with Crippen LogP contribution < -0.4 is 5.43 Å². The van der Waals surface area contributed by atoms with Gasteiger partial charge in [-0.15, -0.1) is 0 Å². The first-order chi connectivity index (χ1) is 9.11. The van der Waals surface area contributed by atoms with Crippen LogP contribution >= 0.6 is 46.3 Å². The quantitative estimate of drug-likeness (QED) is 0.669. The topological polar surface area (TPSA) is 61.1 Å². The molecule has 2 rings (SSSR count). The second-order valence-corrected chi connectivity index (χ2v) is 5.30. The molecule has 0 atom stereocenters. The molecule has 1 heterocycles. The van der Waals surface area contributed by atoms with Crippen LogP contribution in [-0.2, 0) is 0 Å². The fraction of sp³-hybridized carbons (Fsp3) is 0. The number of anilines is 1. The fourth-order valence-electron chi connectivity index (χ4n) is 1.21. The van der Waals surface area contributed by atoms with Crippen LogP contribution in [0.1, 0.15) is 11.1 Å². The lowest BCUT2D eigenvalue weighted by Gasteiger charge is -1.99. The molecule has 4 nitrogen and oxygen atoms in total. The maximum atomic E-state index is 8.88. The van der Waals surface area contributed by atoms with Crippen LogP contribution in [0.5, 0.6) is 0 Å².